The van der Waals surface area contributed by atoms with Gasteiger partial charge in [0.25, 0.3) is 0 Å². The summed E-state index contributed by atoms with van der Waals surface area (Å²) in [6.07, 6.45) is 2.59. The van der Waals surface area contributed by atoms with Crippen molar-refractivity contribution in [2.75, 3.05) is 32.1 Å². The summed E-state index contributed by atoms with van der Waals surface area (Å²) < 4.78 is 0. The van der Waals surface area contributed by atoms with E-state index in [2.05, 4.69) is 61.3 Å². The number of rotatable bonds is 6. The van der Waals surface area contributed by atoms with Gasteiger partial charge >= 0.3 is 0 Å². The first-order chi connectivity index (χ1) is 9.97. The predicted octanol–water partition coefficient (Wildman–Crippen LogP) is 3.37. The van der Waals surface area contributed by atoms with E-state index in [4.69, 9.17) is 11.6 Å². The maximum Gasteiger partial charge on any atom is 0.0642 e. The number of nitrogens with zero attached hydrogens (tertiary/aromatic N) is 2. The second-order valence-electron chi connectivity index (χ2n) is 6.48. The van der Waals surface area contributed by atoms with Gasteiger partial charge in [0.2, 0.25) is 0 Å². The SMILES string of the molecule is CC(C)NCc1ccc(N(C)CC2CCCN2C)c(Cl)c1. The first-order valence-electron chi connectivity index (χ1n) is 7.90. The molecule has 1 aliphatic heterocycles. The summed E-state index contributed by atoms with van der Waals surface area (Å²) in [4.78, 5) is 4.74. The summed E-state index contributed by atoms with van der Waals surface area (Å²) in [6, 6.07) is 7.54. The number of nitrogens with one attached hydrogen (secondary N) is 1. The molecule has 0 radical (unpaired) electrons. The highest BCUT2D eigenvalue weighted by Gasteiger charge is 2.22. The highest BCUT2D eigenvalue weighted by Crippen LogP contribution is 2.27. The Morgan fingerprint density at radius 1 is 1.43 bits per heavy atom. The molecule has 2 rings (SSSR count). The Hall–Kier alpha value is -0.770. The van der Waals surface area contributed by atoms with Crippen LogP contribution in [0.25, 0.3) is 0 Å². The lowest BCUT2D eigenvalue weighted by atomic mass is 10.1. The zero-order chi connectivity index (χ0) is 15.4. The summed E-state index contributed by atoms with van der Waals surface area (Å²) >= 11 is 6.48. The predicted molar refractivity (Wildman–Crippen MR) is 92.3 cm³/mol. The maximum absolute atomic E-state index is 6.48. The van der Waals surface area contributed by atoms with Crippen LogP contribution in [0.4, 0.5) is 5.69 Å². The van der Waals surface area contributed by atoms with Crippen LogP contribution in [-0.2, 0) is 6.54 Å². The second kappa shape index (κ2) is 7.48. The molecule has 0 aromatic heterocycles. The normalized spacial score (nSPS) is 19.4. The molecular weight excluding hydrogens is 282 g/mol. The quantitative estimate of drug-likeness (QED) is 0.869. The van der Waals surface area contributed by atoms with Crippen LogP contribution in [0.15, 0.2) is 18.2 Å². The number of likely N-dealkylation sites (N-methyl/N-ethyl adjacent to an activating group) is 2. The Balaban J connectivity index is 1.99. The van der Waals surface area contributed by atoms with Gasteiger partial charge < -0.3 is 15.1 Å². The molecule has 1 atom stereocenters. The van der Waals surface area contributed by atoms with Gasteiger partial charge in [-0.3, -0.25) is 0 Å². The minimum Gasteiger partial charge on any atom is -0.372 e. The van der Waals surface area contributed by atoms with Crippen LogP contribution >= 0.6 is 11.6 Å². The van der Waals surface area contributed by atoms with Gasteiger partial charge in [-0.2, -0.15) is 0 Å². The smallest absolute Gasteiger partial charge is 0.0642 e. The van der Waals surface area contributed by atoms with Gasteiger partial charge in [0.15, 0.2) is 0 Å². The molecule has 1 saturated heterocycles. The largest absolute Gasteiger partial charge is 0.372 e. The molecular formula is C17H28ClN3. The van der Waals surface area contributed by atoms with Crippen LogP contribution in [0, 0.1) is 0 Å². The highest BCUT2D eigenvalue weighted by molar-refractivity contribution is 6.33. The molecule has 1 heterocycles. The van der Waals surface area contributed by atoms with Gasteiger partial charge in [0, 0.05) is 32.2 Å². The van der Waals surface area contributed by atoms with E-state index >= 15 is 0 Å². The van der Waals surface area contributed by atoms with E-state index in [1.54, 1.807) is 0 Å². The lowest BCUT2D eigenvalue weighted by Crippen LogP contribution is -2.36. The minimum absolute atomic E-state index is 0.490. The number of benzene rings is 1. The number of halogens is 1. The van der Waals surface area contributed by atoms with Gasteiger partial charge in [-0.05, 0) is 44.1 Å². The summed E-state index contributed by atoms with van der Waals surface area (Å²) in [7, 11) is 4.35. The third-order valence-corrected chi connectivity index (χ3v) is 4.60. The Kier molecular flexibility index (Phi) is 5.91. The Labute approximate surface area is 134 Å². The van der Waals surface area contributed by atoms with Gasteiger partial charge in [-0.15, -0.1) is 0 Å². The lowest BCUT2D eigenvalue weighted by Gasteiger charge is -2.28. The lowest BCUT2D eigenvalue weighted by molar-refractivity contribution is 0.314. The fraction of sp³-hybridized carbons (Fsp3) is 0.647. The standard InChI is InChI=1S/C17H28ClN3/c1-13(2)19-11-14-7-8-17(16(18)10-14)21(4)12-15-6-5-9-20(15)3/h7-8,10,13,15,19H,5-6,9,11-12H2,1-4H3. The molecule has 0 aliphatic carbocycles. The summed E-state index contributed by atoms with van der Waals surface area (Å²) in [6.45, 7) is 7.43. The zero-order valence-electron chi connectivity index (χ0n) is 13.7. The fourth-order valence-corrected chi connectivity index (χ4v) is 3.26. The molecule has 1 aromatic rings. The Morgan fingerprint density at radius 3 is 2.76 bits per heavy atom. The van der Waals surface area contributed by atoms with Crippen LogP contribution in [0.2, 0.25) is 5.02 Å². The van der Waals surface area contributed by atoms with Crippen molar-refractivity contribution in [1.82, 2.24) is 10.2 Å². The summed E-state index contributed by atoms with van der Waals surface area (Å²) in [5.41, 5.74) is 2.37. The molecule has 1 fully saturated rings. The molecule has 0 bridgehead atoms. The molecule has 0 spiro atoms. The molecule has 21 heavy (non-hydrogen) atoms. The van der Waals surface area contributed by atoms with Crippen LogP contribution in [0.3, 0.4) is 0 Å². The second-order valence-corrected chi connectivity index (χ2v) is 6.89. The van der Waals surface area contributed by atoms with Crippen molar-refractivity contribution in [2.24, 2.45) is 0 Å². The number of likely N-dealkylation sites (tertiary alicyclic amines) is 1. The molecule has 1 aliphatic rings. The van der Waals surface area contributed by atoms with Crippen molar-refractivity contribution in [1.29, 1.82) is 0 Å². The number of anilines is 1. The zero-order valence-corrected chi connectivity index (χ0v) is 14.5. The van der Waals surface area contributed by atoms with Crippen molar-refractivity contribution < 1.29 is 0 Å². The Morgan fingerprint density at radius 2 is 2.19 bits per heavy atom. The maximum atomic E-state index is 6.48. The Bertz CT molecular complexity index is 461. The van der Waals surface area contributed by atoms with Gasteiger partial charge in [-0.1, -0.05) is 31.5 Å². The van der Waals surface area contributed by atoms with E-state index in [1.165, 1.54) is 24.9 Å². The molecule has 118 valence electrons. The van der Waals surface area contributed by atoms with E-state index in [0.29, 0.717) is 12.1 Å². The topological polar surface area (TPSA) is 18.5 Å². The van der Waals surface area contributed by atoms with Crippen LogP contribution < -0.4 is 10.2 Å². The van der Waals surface area contributed by atoms with Crippen LogP contribution in [0.5, 0.6) is 0 Å². The summed E-state index contributed by atoms with van der Waals surface area (Å²) in [5.74, 6) is 0. The first-order valence-corrected chi connectivity index (χ1v) is 8.28. The van der Waals surface area contributed by atoms with E-state index in [0.717, 1.165) is 23.8 Å². The summed E-state index contributed by atoms with van der Waals surface area (Å²) in [5, 5.41) is 4.27. The van der Waals surface area contributed by atoms with Crippen molar-refractivity contribution in [3.63, 3.8) is 0 Å². The molecule has 0 amide bonds. The average Bonchev–Trinajstić information content (AvgIpc) is 2.82. The first kappa shape index (κ1) is 16.6. The molecule has 3 nitrogen and oxygen atoms in total. The number of hydrogen-bond acceptors (Lipinski definition) is 3. The van der Waals surface area contributed by atoms with E-state index in [9.17, 15) is 0 Å². The van der Waals surface area contributed by atoms with Crippen molar-refractivity contribution in [3.8, 4) is 0 Å². The highest BCUT2D eigenvalue weighted by atomic mass is 35.5. The van der Waals surface area contributed by atoms with E-state index in [-0.39, 0.29) is 0 Å². The van der Waals surface area contributed by atoms with Crippen molar-refractivity contribution in [2.45, 2.75) is 45.3 Å². The van der Waals surface area contributed by atoms with Crippen molar-refractivity contribution >= 4 is 17.3 Å². The fourth-order valence-electron chi connectivity index (χ4n) is 2.92. The molecule has 0 saturated carbocycles. The van der Waals surface area contributed by atoms with Crippen LogP contribution in [-0.4, -0.2) is 44.2 Å². The van der Waals surface area contributed by atoms with Crippen LogP contribution in [0.1, 0.15) is 32.3 Å². The van der Waals surface area contributed by atoms with Gasteiger partial charge in [-0.25, -0.2) is 0 Å². The van der Waals surface area contributed by atoms with Gasteiger partial charge in [0.1, 0.15) is 0 Å². The number of hydrogen-bond donors (Lipinski definition) is 1. The third-order valence-electron chi connectivity index (χ3n) is 4.29. The van der Waals surface area contributed by atoms with Gasteiger partial charge in [0.05, 0.1) is 10.7 Å². The van der Waals surface area contributed by atoms with Crippen molar-refractivity contribution in [3.05, 3.63) is 28.8 Å². The molecule has 4 heteroatoms. The monoisotopic (exact) mass is 309 g/mol. The van der Waals surface area contributed by atoms with E-state index < -0.39 is 0 Å². The average molecular weight is 310 g/mol. The molecule has 1 aromatic carbocycles. The molecule has 1 unspecified atom stereocenters. The third kappa shape index (κ3) is 4.60. The molecule has 1 N–H and O–H groups in total. The minimum atomic E-state index is 0.490. The van der Waals surface area contributed by atoms with E-state index in [1.807, 2.05) is 0 Å².